The SMILES string of the molecule is CC(C)CCCCCO.[MgH2]. The summed E-state index contributed by atoms with van der Waals surface area (Å²) in [5.41, 5.74) is 0. The summed E-state index contributed by atoms with van der Waals surface area (Å²) in [5.74, 6) is 0.823. The summed E-state index contributed by atoms with van der Waals surface area (Å²) in [6, 6.07) is 0. The number of hydrogen-bond acceptors (Lipinski definition) is 1. The highest BCUT2D eigenvalue weighted by molar-refractivity contribution is 5.75. The summed E-state index contributed by atoms with van der Waals surface area (Å²) in [4.78, 5) is 0. The second-order valence-electron chi connectivity index (χ2n) is 2.97. The molecule has 2 heteroatoms. The molecule has 0 aromatic heterocycles. The lowest BCUT2D eigenvalue weighted by Crippen LogP contribution is -1.88. The zero-order valence-electron chi connectivity index (χ0n) is 6.56. The van der Waals surface area contributed by atoms with Crippen LogP contribution in [0, 0.1) is 5.92 Å². The fraction of sp³-hybridized carbons (Fsp3) is 1.00. The van der Waals surface area contributed by atoms with Crippen LogP contribution < -0.4 is 0 Å². The molecule has 1 N–H and O–H groups in total. The molecular formula is C8H20MgO. The minimum absolute atomic E-state index is 0. The molecule has 0 aromatic rings. The second-order valence-corrected chi connectivity index (χ2v) is 2.97. The van der Waals surface area contributed by atoms with Crippen LogP contribution in [0.25, 0.3) is 0 Å². The molecule has 0 saturated heterocycles. The maximum atomic E-state index is 8.43. The molecule has 0 aromatic carbocycles. The quantitative estimate of drug-likeness (QED) is 0.470. The molecule has 0 heterocycles. The smallest absolute Gasteiger partial charge is 0.316 e. The van der Waals surface area contributed by atoms with Crippen LogP contribution in [0.5, 0.6) is 0 Å². The van der Waals surface area contributed by atoms with E-state index in [0.29, 0.717) is 6.61 Å². The van der Waals surface area contributed by atoms with Crippen molar-refractivity contribution in [3.8, 4) is 0 Å². The Morgan fingerprint density at radius 3 is 2.10 bits per heavy atom. The topological polar surface area (TPSA) is 20.2 Å². The first-order chi connectivity index (χ1) is 4.27. The van der Waals surface area contributed by atoms with Gasteiger partial charge in [0.25, 0.3) is 0 Å². The van der Waals surface area contributed by atoms with Crippen LogP contribution in [0.3, 0.4) is 0 Å². The Morgan fingerprint density at radius 2 is 1.70 bits per heavy atom. The molecule has 1 nitrogen and oxygen atoms in total. The van der Waals surface area contributed by atoms with E-state index in [1.54, 1.807) is 0 Å². The van der Waals surface area contributed by atoms with Gasteiger partial charge in [0.1, 0.15) is 0 Å². The lowest BCUT2D eigenvalue weighted by molar-refractivity contribution is 0.281. The third kappa shape index (κ3) is 11.5. The first-order valence-electron chi connectivity index (χ1n) is 3.88. The van der Waals surface area contributed by atoms with E-state index >= 15 is 0 Å². The molecular weight excluding hydrogens is 136 g/mol. The van der Waals surface area contributed by atoms with Gasteiger partial charge in [-0.05, 0) is 12.3 Å². The highest BCUT2D eigenvalue weighted by Gasteiger charge is 1.92. The zero-order chi connectivity index (χ0) is 7.11. The third-order valence-corrected chi connectivity index (χ3v) is 1.44. The zero-order valence-corrected chi connectivity index (χ0v) is 6.56. The standard InChI is InChI=1S/C8H18O.Mg.2H/c1-8(2)6-4-3-5-7-9;;;/h8-9H,3-7H2,1-2H3;;;. The van der Waals surface area contributed by atoms with Crippen molar-refractivity contribution < 1.29 is 5.11 Å². The average molecular weight is 157 g/mol. The monoisotopic (exact) mass is 156 g/mol. The molecule has 0 aliphatic heterocycles. The van der Waals surface area contributed by atoms with Gasteiger partial charge in [0, 0.05) is 6.61 Å². The number of hydrogen-bond donors (Lipinski definition) is 1. The number of aliphatic hydroxyl groups excluding tert-OH is 1. The Balaban J connectivity index is 0. The molecule has 0 fully saturated rings. The van der Waals surface area contributed by atoms with Gasteiger partial charge in [0.2, 0.25) is 0 Å². The molecule has 0 saturated carbocycles. The van der Waals surface area contributed by atoms with Crippen molar-refractivity contribution >= 4 is 23.1 Å². The van der Waals surface area contributed by atoms with Crippen LogP contribution in [-0.2, 0) is 0 Å². The summed E-state index contributed by atoms with van der Waals surface area (Å²) in [7, 11) is 0. The van der Waals surface area contributed by atoms with Crippen LogP contribution in [0.1, 0.15) is 39.5 Å². The normalized spacial score (nSPS) is 9.60. The van der Waals surface area contributed by atoms with E-state index in [-0.39, 0.29) is 23.1 Å². The van der Waals surface area contributed by atoms with E-state index in [1.807, 2.05) is 0 Å². The summed E-state index contributed by atoms with van der Waals surface area (Å²) in [6.07, 6.45) is 4.75. The minimum atomic E-state index is 0. The van der Waals surface area contributed by atoms with E-state index in [4.69, 9.17) is 5.11 Å². The van der Waals surface area contributed by atoms with E-state index in [2.05, 4.69) is 13.8 Å². The molecule has 0 spiro atoms. The van der Waals surface area contributed by atoms with Crippen LogP contribution in [-0.4, -0.2) is 34.8 Å². The van der Waals surface area contributed by atoms with Crippen LogP contribution >= 0.6 is 0 Å². The lowest BCUT2D eigenvalue weighted by Gasteiger charge is -2.01. The molecule has 0 radical (unpaired) electrons. The van der Waals surface area contributed by atoms with Gasteiger partial charge >= 0.3 is 23.1 Å². The third-order valence-electron chi connectivity index (χ3n) is 1.44. The summed E-state index contributed by atoms with van der Waals surface area (Å²) in [5, 5.41) is 8.43. The van der Waals surface area contributed by atoms with Crippen LogP contribution in [0.4, 0.5) is 0 Å². The van der Waals surface area contributed by atoms with Crippen molar-refractivity contribution in [2.24, 2.45) is 5.92 Å². The van der Waals surface area contributed by atoms with Gasteiger partial charge in [-0.2, -0.15) is 0 Å². The lowest BCUT2D eigenvalue weighted by atomic mass is 10.1. The highest BCUT2D eigenvalue weighted by Crippen LogP contribution is 2.06. The van der Waals surface area contributed by atoms with Gasteiger partial charge < -0.3 is 5.11 Å². The summed E-state index contributed by atoms with van der Waals surface area (Å²) < 4.78 is 0. The van der Waals surface area contributed by atoms with Gasteiger partial charge in [0.05, 0.1) is 0 Å². The molecule has 10 heavy (non-hydrogen) atoms. The van der Waals surface area contributed by atoms with Gasteiger partial charge in [-0.15, -0.1) is 0 Å². The fourth-order valence-electron chi connectivity index (χ4n) is 0.841. The molecule has 0 bridgehead atoms. The fourth-order valence-corrected chi connectivity index (χ4v) is 0.841. The molecule has 0 rings (SSSR count). The van der Waals surface area contributed by atoms with Crippen molar-refractivity contribution in [1.29, 1.82) is 0 Å². The van der Waals surface area contributed by atoms with E-state index in [1.165, 1.54) is 19.3 Å². The Hall–Kier alpha value is 0.726. The number of unbranched alkanes of at least 4 members (excludes halogenated alkanes) is 2. The largest absolute Gasteiger partial charge is 0.396 e. The van der Waals surface area contributed by atoms with Crippen molar-refractivity contribution in [3.05, 3.63) is 0 Å². The van der Waals surface area contributed by atoms with Crippen LogP contribution in [0.2, 0.25) is 0 Å². The minimum Gasteiger partial charge on any atom is -0.396 e. The Labute approximate surface area is 80.4 Å². The van der Waals surface area contributed by atoms with E-state index in [0.717, 1.165) is 12.3 Å². The van der Waals surface area contributed by atoms with Crippen LogP contribution in [0.15, 0.2) is 0 Å². The van der Waals surface area contributed by atoms with Crippen molar-refractivity contribution in [1.82, 2.24) is 0 Å². The molecule has 0 amide bonds. The first kappa shape index (κ1) is 13.3. The van der Waals surface area contributed by atoms with Gasteiger partial charge in [0.15, 0.2) is 0 Å². The van der Waals surface area contributed by atoms with Crippen molar-refractivity contribution in [2.75, 3.05) is 6.61 Å². The maximum absolute atomic E-state index is 8.43. The summed E-state index contributed by atoms with van der Waals surface area (Å²) >= 11 is 0. The van der Waals surface area contributed by atoms with Crippen molar-refractivity contribution in [2.45, 2.75) is 39.5 Å². The van der Waals surface area contributed by atoms with Gasteiger partial charge in [-0.25, -0.2) is 0 Å². The van der Waals surface area contributed by atoms with E-state index in [9.17, 15) is 0 Å². The Morgan fingerprint density at radius 1 is 1.10 bits per heavy atom. The number of aliphatic hydroxyl groups is 1. The molecule has 0 unspecified atom stereocenters. The average Bonchev–Trinajstić information content (AvgIpc) is 1.80. The maximum Gasteiger partial charge on any atom is 0.316 e. The first-order valence-corrected chi connectivity index (χ1v) is 3.88. The Kier molecular flexibility index (Phi) is 13.0. The Bertz CT molecular complexity index is 55.2. The van der Waals surface area contributed by atoms with Gasteiger partial charge in [-0.3, -0.25) is 0 Å². The van der Waals surface area contributed by atoms with E-state index < -0.39 is 0 Å². The molecule has 60 valence electrons. The number of rotatable bonds is 5. The molecule has 0 aliphatic rings. The summed E-state index contributed by atoms with van der Waals surface area (Å²) in [6.45, 7) is 4.83. The predicted molar refractivity (Wildman–Crippen MR) is 48.9 cm³/mol. The molecule has 0 atom stereocenters. The predicted octanol–water partition coefficient (Wildman–Crippen LogP) is 1.28. The molecule has 0 aliphatic carbocycles. The second kappa shape index (κ2) is 9.73. The van der Waals surface area contributed by atoms with Crippen molar-refractivity contribution in [3.63, 3.8) is 0 Å². The van der Waals surface area contributed by atoms with Gasteiger partial charge in [-0.1, -0.05) is 33.1 Å². The highest BCUT2D eigenvalue weighted by atomic mass is 24.3.